The summed E-state index contributed by atoms with van der Waals surface area (Å²) < 4.78 is 1.28. The van der Waals surface area contributed by atoms with E-state index in [9.17, 15) is 14.9 Å². The van der Waals surface area contributed by atoms with Crippen molar-refractivity contribution in [1.29, 1.82) is 0 Å². The highest BCUT2D eigenvalue weighted by molar-refractivity contribution is 5.93. The number of carbonyl (C=O) groups is 1. The zero-order chi connectivity index (χ0) is 14.0. The summed E-state index contributed by atoms with van der Waals surface area (Å²) in [6, 6.07) is 2.71. The van der Waals surface area contributed by atoms with Crippen LogP contribution in [-0.2, 0) is 7.05 Å². The summed E-state index contributed by atoms with van der Waals surface area (Å²) in [4.78, 5) is 22.3. The van der Waals surface area contributed by atoms with Crippen molar-refractivity contribution >= 4 is 11.7 Å². The van der Waals surface area contributed by atoms with Crippen LogP contribution < -0.4 is 11.1 Å². The minimum Gasteiger partial charge on any atom is -0.358 e. The van der Waals surface area contributed by atoms with E-state index in [0.29, 0.717) is 0 Å². The number of nitrogens with two attached hydrogens (primary N) is 1. The van der Waals surface area contributed by atoms with E-state index in [-0.39, 0.29) is 29.5 Å². The first kappa shape index (κ1) is 13.5. The lowest BCUT2D eigenvalue weighted by Gasteiger charge is -2.28. The van der Waals surface area contributed by atoms with Crippen LogP contribution in [0.3, 0.4) is 0 Å². The lowest BCUT2D eigenvalue weighted by atomic mass is 9.91. The van der Waals surface area contributed by atoms with E-state index in [4.69, 9.17) is 5.73 Å². The van der Waals surface area contributed by atoms with Gasteiger partial charge in [-0.25, -0.2) is 4.57 Å². The Morgan fingerprint density at radius 1 is 1.47 bits per heavy atom. The maximum atomic E-state index is 12.1. The smallest absolute Gasteiger partial charge is 0.323 e. The van der Waals surface area contributed by atoms with Crippen LogP contribution in [0.2, 0.25) is 0 Å². The third-order valence-electron chi connectivity index (χ3n) is 3.65. The van der Waals surface area contributed by atoms with E-state index in [2.05, 4.69) is 5.32 Å². The Bertz CT molecular complexity index is 497. The van der Waals surface area contributed by atoms with Gasteiger partial charge in [-0.3, -0.25) is 4.79 Å². The molecule has 0 unspecified atom stereocenters. The van der Waals surface area contributed by atoms with Gasteiger partial charge in [0.15, 0.2) is 5.69 Å². The maximum Gasteiger partial charge on any atom is 0.323 e. The van der Waals surface area contributed by atoms with E-state index in [1.807, 2.05) is 0 Å². The molecule has 0 aromatic carbocycles. The van der Waals surface area contributed by atoms with E-state index in [1.165, 1.54) is 23.7 Å². The van der Waals surface area contributed by atoms with Crippen LogP contribution in [0, 0.1) is 10.1 Å². The van der Waals surface area contributed by atoms with Crippen molar-refractivity contribution in [3.05, 3.63) is 27.9 Å². The fourth-order valence-electron chi connectivity index (χ4n) is 2.49. The third kappa shape index (κ3) is 2.76. The highest BCUT2D eigenvalue weighted by Gasteiger charge is 2.27. The number of rotatable bonds is 3. The van der Waals surface area contributed by atoms with Crippen molar-refractivity contribution in [2.24, 2.45) is 12.8 Å². The van der Waals surface area contributed by atoms with E-state index in [1.54, 1.807) is 0 Å². The van der Waals surface area contributed by atoms with Gasteiger partial charge in [-0.05, 0) is 23.8 Å². The Kier molecular flexibility index (Phi) is 3.84. The Labute approximate surface area is 110 Å². The molecule has 0 saturated heterocycles. The van der Waals surface area contributed by atoms with Gasteiger partial charge in [0.25, 0.3) is 5.91 Å². The zero-order valence-corrected chi connectivity index (χ0v) is 10.8. The van der Waals surface area contributed by atoms with Crippen molar-refractivity contribution in [3.63, 3.8) is 0 Å². The number of nitrogens with zero attached hydrogens (tertiary/aromatic N) is 2. The number of aromatic nitrogens is 1. The number of hydrogen-bond acceptors (Lipinski definition) is 4. The number of hydrogen-bond donors (Lipinski definition) is 2. The van der Waals surface area contributed by atoms with Gasteiger partial charge in [0.2, 0.25) is 0 Å². The second-order valence-corrected chi connectivity index (χ2v) is 4.92. The normalized spacial score (nSPS) is 23.1. The Balaban J connectivity index is 2.09. The summed E-state index contributed by atoms with van der Waals surface area (Å²) in [6.45, 7) is 0. The predicted octanol–water partition coefficient (Wildman–Crippen LogP) is 0.933. The molecule has 0 aliphatic heterocycles. The van der Waals surface area contributed by atoms with Gasteiger partial charge in [-0.15, -0.1) is 0 Å². The minimum absolute atomic E-state index is 0.0343. The van der Waals surface area contributed by atoms with Gasteiger partial charge < -0.3 is 21.2 Å². The van der Waals surface area contributed by atoms with E-state index < -0.39 is 4.92 Å². The van der Waals surface area contributed by atoms with Crippen molar-refractivity contribution in [3.8, 4) is 0 Å². The molecule has 2 rings (SSSR count). The van der Waals surface area contributed by atoms with Crippen LogP contribution in [0.25, 0.3) is 0 Å². The van der Waals surface area contributed by atoms with Crippen LogP contribution in [0.1, 0.15) is 36.2 Å². The van der Waals surface area contributed by atoms with Gasteiger partial charge in [0.05, 0.1) is 7.05 Å². The first-order valence-corrected chi connectivity index (χ1v) is 6.37. The molecule has 19 heavy (non-hydrogen) atoms. The molecule has 1 amide bonds. The Morgan fingerprint density at radius 2 is 2.16 bits per heavy atom. The molecule has 3 N–H and O–H groups in total. The SMILES string of the molecule is Cn1c(C(=O)N[C@@H]2CCCC[C@H]2N)ccc1[N+](=O)[O-]. The molecule has 1 heterocycles. The molecule has 1 aliphatic rings. The minimum atomic E-state index is -0.511. The van der Waals surface area contributed by atoms with Gasteiger partial charge in [-0.2, -0.15) is 0 Å². The first-order valence-electron chi connectivity index (χ1n) is 6.37. The zero-order valence-electron chi connectivity index (χ0n) is 10.8. The van der Waals surface area contributed by atoms with Crippen molar-refractivity contribution < 1.29 is 9.72 Å². The highest BCUT2D eigenvalue weighted by Crippen LogP contribution is 2.19. The molecule has 1 saturated carbocycles. The highest BCUT2D eigenvalue weighted by atomic mass is 16.6. The average Bonchev–Trinajstić information content (AvgIpc) is 2.74. The predicted molar refractivity (Wildman–Crippen MR) is 69.8 cm³/mol. The fraction of sp³-hybridized carbons (Fsp3) is 0.583. The third-order valence-corrected chi connectivity index (χ3v) is 3.65. The summed E-state index contributed by atoms with van der Waals surface area (Å²) in [5.74, 6) is -0.406. The molecule has 1 aromatic heterocycles. The largest absolute Gasteiger partial charge is 0.358 e. The Hall–Kier alpha value is -1.89. The van der Waals surface area contributed by atoms with Gasteiger partial charge >= 0.3 is 5.82 Å². The monoisotopic (exact) mass is 266 g/mol. The molecule has 2 atom stereocenters. The average molecular weight is 266 g/mol. The topological polar surface area (TPSA) is 103 Å². The quantitative estimate of drug-likeness (QED) is 0.627. The molecule has 0 bridgehead atoms. The van der Waals surface area contributed by atoms with E-state index >= 15 is 0 Å². The number of amides is 1. The lowest BCUT2D eigenvalue weighted by Crippen LogP contribution is -2.49. The molecular weight excluding hydrogens is 248 g/mol. The number of nitro groups is 1. The molecule has 104 valence electrons. The maximum absolute atomic E-state index is 12.1. The van der Waals surface area contributed by atoms with Crippen LogP contribution >= 0.6 is 0 Å². The van der Waals surface area contributed by atoms with Crippen LogP contribution in [0.4, 0.5) is 5.82 Å². The van der Waals surface area contributed by atoms with Crippen LogP contribution in [-0.4, -0.2) is 27.5 Å². The van der Waals surface area contributed by atoms with Crippen LogP contribution in [0.5, 0.6) is 0 Å². The van der Waals surface area contributed by atoms with Gasteiger partial charge in [-0.1, -0.05) is 12.8 Å². The van der Waals surface area contributed by atoms with Crippen molar-refractivity contribution in [2.45, 2.75) is 37.8 Å². The van der Waals surface area contributed by atoms with Gasteiger partial charge in [0.1, 0.15) is 0 Å². The van der Waals surface area contributed by atoms with Crippen LogP contribution in [0.15, 0.2) is 12.1 Å². The summed E-state index contributed by atoms with van der Waals surface area (Å²) >= 11 is 0. The molecule has 1 aromatic rings. The summed E-state index contributed by atoms with van der Waals surface area (Å²) in [6.07, 6.45) is 3.90. The number of carbonyl (C=O) groups excluding carboxylic acids is 1. The number of nitrogens with one attached hydrogen (secondary N) is 1. The summed E-state index contributed by atoms with van der Waals surface area (Å²) in [7, 11) is 1.51. The second kappa shape index (κ2) is 5.40. The molecule has 7 nitrogen and oxygen atoms in total. The fourth-order valence-corrected chi connectivity index (χ4v) is 2.49. The molecule has 7 heteroatoms. The van der Waals surface area contributed by atoms with Crippen molar-refractivity contribution in [2.75, 3.05) is 0 Å². The molecule has 0 radical (unpaired) electrons. The second-order valence-electron chi connectivity index (χ2n) is 4.92. The van der Waals surface area contributed by atoms with E-state index in [0.717, 1.165) is 25.7 Å². The molecular formula is C12H18N4O3. The molecule has 0 spiro atoms. The summed E-state index contributed by atoms with van der Waals surface area (Å²) in [5.41, 5.74) is 6.25. The standard InChI is InChI=1S/C12H18N4O3/c1-15-10(6-7-11(15)16(18)19)12(17)14-9-5-3-2-4-8(9)13/h6-9H,2-5,13H2,1H3,(H,14,17)/t8-,9-/m1/s1. The molecule has 1 aliphatic carbocycles. The van der Waals surface area contributed by atoms with Crippen molar-refractivity contribution in [1.82, 2.24) is 9.88 Å². The molecule has 1 fully saturated rings. The Morgan fingerprint density at radius 3 is 2.74 bits per heavy atom. The summed E-state index contributed by atoms with van der Waals surface area (Å²) in [5, 5.41) is 13.6. The lowest BCUT2D eigenvalue weighted by molar-refractivity contribution is -0.391. The van der Waals surface area contributed by atoms with Gasteiger partial charge in [0, 0.05) is 18.2 Å². The first-order chi connectivity index (χ1) is 9.00.